The van der Waals surface area contributed by atoms with Crippen LogP contribution in [-0.2, 0) is 11.2 Å². The molecule has 0 aliphatic carbocycles. The normalized spacial score (nSPS) is 19.0. The summed E-state index contributed by atoms with van der Waals surface area (Å²) in [5.74, 6) is 0.572. The maximum Gasteiger partial charge on any atom is 0.338 e. The van der Waals surface area contributed by atoms with Crippen LogP contribution in [0.4, 0.5) is 0 Å². The Morgan fingerprint density at radius 2 is 2.12 bits per heavy atom. The van der Waals surface area contributed by atoms with Crippen molar-refractivity contribution in [3.63, 3.8) is 0 Å². The van der Waals surface area contributed by atoms with Crippen LogP contribution >= 0.6 is 0 Å². The van der Waals surface area contributed by atoms with Gasteiger partial charge in [0.1, 0.15) is 6.10 Å². The number of rotatable bonds is 4. The molecule has 2 heteroatoms. The van der Waals surface area contributed by atoms with Gasteiger partial charge in [-0.1, -0.05) is 38.5 Å². The highest BCUT2D eigenvalue weighted by Crippen LogP contribution is 2.23. The quantitative estimate of drug-likeness (QED) is 0.741. The van der Waals surface area contributed by atoms with Crippen LogP contribution in [0.5, 0.6) is 0 Å². The summed E-state index contributed by atoms with van der Waals surface area (Å²) in [6, 6.07) is 7.76. The number of hydrogen-bond donors (Lipinski definition) is 0. The van der Waals surface area contributed by atoms with E-state index in [1.807, 2.05) is 24.3 Å². The fourth-order valence-electron chi connectivity index (χ4n) is 2.31. The van der Waals surface area contributed by atoms with Gasteiger partial charge in [0.05, 0.1) is 5.56 Å². The second-order valence-corrected chi connectivity index (χ2v) is 5.21. The zero-order chi connectivity index (χ0) is 12.3. The number of carbonyl (C=O) groups excluding carboxylic acids is 1. The maximum absolute atomic E-state index is 11.8. The molecule has 0 N–H and O–H groups in total. The van der Waals surface area contributed by atoms with Gasteiger partial charge in [0.15, 0.2) is 0 Å². The Morgan fingerprint density at radius 1 is 1.35 bits per heavy atom. The van der Waals surface area contributed by atoms with Gasteiger partial charge in [0, 0.05) is 6.42 Å². The van der Waals surface area contributed by atoms with E-state index in [9.17, 15) is 4.79 Å². The Bertz CT molecular complexity index is 396. The molecule has 1 aromatic carbocycles. The van der Waals surface area contributed by atoms with Crippen LogP contribution in [0, 0.1) is 5.92 Å². The second kappa shape index (κ2) is 5.35. The lowest BCUT2D eigenvalue weighted by molar-refractivity contribution is 0.0230. The SMILES string of the molecule is CC(C)CCCC1Cc2ccccc2C(=O)O1. The molecule has 92 valence electrons. The minimum absolute atomic E-state index is 0.0798. The summed E-state index contributed by atoms with van der Waals surface area (Å²) in [7, 11) is 0. The van der Waals surface area contributed by atoms with Gasteiger partial charge in [-0.2, -0.15) is 0 Å². The summed E-state index contributed by atoms with van der Waals surface area (Å²) in [6.07, 6.45) is 4.28. The Hall–Kier alpha value is -1.31. The Morgan fingerprint density at radius 3 is 2.88 bits per heavy atom. The van der Waals surface area contributed by atoms with E-state index >= 15 is 0 Å². The first-order valence-electron chi connectivity index (χ1n) is 6.45. The minimum atomic E-state index is -0.151. The first kappa shape index (κ1) is 12.2. The minimum Gasteiger partial charge on any atom is -0.458 e. The lowest BCUT2D eigenvalue weighted by Gasteiger charge is -2.24. The molecule has 1 aliphatic heterocycles. The van der Waals surface area contributed by atoms with E-state index in [1.54, 1.807) is 0 Å². The van der Waals surface area contributed by atoms with Crippen LogP contribution in [0.3, 0.4) is 0 Å². The van der Waals surface area contributed by atoms with Crippen LogP contribution in [0.15, 0.2) is 24.3 Å². The van der Waals surface area contributed by atoms with E-state index in [4.69, 9.17) is 4.74 Å². The van der Waals surface area contributed by atoms with Crippen molar-refractivity contribution >= 4 is 5.97 Å². The van der Waals surface area contributed by atoms with Gasteiger partial charge in [-0.05, 0) is 30.4 Å². The van der Waals surface area contributed by atoms with E-state index in [2.05, 4.69) is 13.8 Å². The van der Waals surface area contributed by atoms with Crippen LogP contribution < -0.4 is 0 Å². The molecule has 0 saturated heterocycles. The summed E-state index contributed by atoms with van der Waals surface area (Å²) in [5, 5.41) is 0. The van der Waals surface area contributed by atoms with E-state index in [0.717, 1.165) is 36.3 Å². The summed E-state index contributed by atoms with van der Waals surface area (Å²) >= 11 is 0. The molecule has 0 fully saturated rings. The molecule has 1 heterocycles. The van der Waals surface area contributed by atoms with E-state index < -0.39 is 0 Å². The monoisotopic (exact) mass is 232 g/mol. The van der Waals surface area contributed by atoms with Crippen molar-refractivity contribution in [2.45, 2.75) is 45.6 Å². The molecule has 17 heavy (non-hydrogen) atoms. The number of cyclic esters (lactones) is 1. The zero-order valence-corrected chi connectivity index (χ0v) is 10.6. The third-order valence-corrected chi connectivity index (χ3v) is 3.27. The van der Waals surface area contributed by atoms with Crippen LogP contribution in [0.1, 0.15) is 49.0 Å². The molecule has 0 bridgehead atoms. The lowest BCUT2D eigenvalue weighted by atomic mass is 9.95. The highest BCUT2D eigenvalue weighted by molar-refractivity contribution is 5.92. The first-order valence-corrected chi connectivity index (χ1v) is 6.45. The van der Waals surface area contributed by atoms with Gasteiger partial charge in [-0.15, -0.1) is 0 Å². The molecule has 0 radical (unpaired) electrons. The molecule has 1 unspecified atom stereocenters. The number of benzene rings is 1. The third-order valence-electron chi connectivity index (χ3n) is 3.27. The Balaban J connectivity index is 1.95. The largest absolute Gasteiger partial charge is 0.458 e. The molecule has 1 atom stereocenters. The van der Waals surface area contributed by atoms with Crippen molar-refractivity contribution in [2.75, 3.05) is 0 Å². The number of fused-ring (bicyclic) bond motifs is 1. The molecule has 2 nitrogen and oxygen atoms in total. The van der Waals surface area contributed by atoms with Crippen molar-refractivity contribution in [3.05, 3.63) is 35.4 Å². The summed E-state index contributed by atoms with van der Waals surface area (Å²) in [6.45, 7) is 4.45. The first-order chi connectivity index (χ1) is 8.16. The number of ether oxygens (including phenoxy) is 1. The number of hydrogen-bond acceptors (Lipinski definition) is 2. The van der Waals surface area contributed by atoms with Gasteiger partial charge < -0.3 is 4.74 Å². The fourth-order valence-corrected chi connectivity index (χ4v) is 2.31. The Kier molecular flexibility index (Phi) is 3.82. The van der Waals surface area contributed by atoms with Gasteiger partial charge in [-0.25, -0.2) is 4.79 Å². The fraction of sp³-hybridized carbons (Fsp3) is 0.533. The molecule has 0 aromatic heterocycles. The molecule has 0 amide bonds. The molecule has 1 aromatic rings. The molecular weight excluding hydrogens is 212 g/mol. The second-order valence-electron chi connectivity index (χ2n) is 5.21. The van der Waals surface area contributed by atoms with Crippen molar-refractivity contribution in [3.8, 4) is 0 Å². The van der Waals surface area contributed by atoms with Crippen molar-refractivity contribution < 1.29 is 9.53 Å². The van der Waals surface area contributed by atoms with Crippen molar-refractivity contribution in [1.29, 1.82) is 0 Å². The van der Waals surface area contributed by atoms with E-state index in [0.29, 0.717) is 0 Å². The van der Waals surface area contributed by atoms with E-state index in [-0.39, 0.29) is 12.1 Å². The predicted octanol–water partition coefficient (Wildman–Crippen LogP) is 3.59. The van der Waals surface area contributed by atoms with Crippen LogP contribution in [0.25, 0.3) is 0 Å². The third kappa shape index (κ3) is 3.09. The average Bonchev–Trinajstić information content (AvgIpc) is 2.28. The molecule has 0 spiro atoms. The average molecular weight is 232 g/mol. The summed E-state index contributed by atoms with van der Waals surface area (Å²) in [4.78, 5) is 11.8. The lowest BCUT2D eigenvalue weighted by Crippen LogP contribution is -2.27. The summed E-state index contributed by atoms with van der Waals surface area (Å²) < 4.78 is 5.46. The molecule has 2 rings (SSSR count). The maximum atomic E-state index is 11.8. The number of esters is 1. The highest BCUT2D eigenvalue weighted by Gasteiger charge is 2.25. The topological polar surface area (TPSA) is 26.3 Å². The molecule has 1 aliphatic rings. The standard InChI is InChI=1S/C15H20O2/c1-11(2)6-5-8-13-10-12-7-3-4-9-14(12)15(16)17-13/h3-4,7,9,11,13H,5-6,8,10H2,1-2H3. The molecule has 0 saturated carbocycles. The van der Waals surface area contributed by atoms with Crippen LogP contribution in [0.2, 0.25) is 0 Å². The molecular formula is C15H20O2. The van der Waals surface area contributed by atoms with E-state index in [1.165, 1.54) is 6.42 Å². The van der Waals surface area contributed by atoms with Gasteiger partial charge in [0.2, 0.25) is 0 Å². The smallest absolute Gasteiger partial charge is 0.338 e. The van der Waals surface area contributed by atoms with Gasteiger partial charge in [0.25, 0.3) is 0 Å². The van der Waals surface area contributed by atoms with Crippen molar-refractivity contribution in [2.24, 2.45) is 5.92 Å². The predicted molar refractivity (Wildman–Crippen MR) is 68.0 cm³/mol. The Labute approximate surface area is 103 Å². The number of carbonyl (C=O) groups is 1. The highest BCUT2D eigenvalue weighted by atomic mass is 16.5. The zero-order valence-electron chi connectivity index (χ0n) is 10.6. The van der Waals surface area contributed by atoms with Gasteiger partial charge >= 0.3 is 5.97 Å². The summed E-state index contributed by atoms with van der Waals surface area (Å²) in [5.41, 5.74) is 1.88. The van der Waals surface area contributed by atoms with Gasteiger partial charge in [-0.3, -0.25) is 0 Å². The van der Waals surface area contributed by atoms with Crippen LogP contribution in [-0.4, -0.2) is 12.1 Å². The van der Waals surface area contributed by atoms with Crippen molar-refractivity contribution in [1.82, 2.24) is 0 Å².